The molecule has 2 N–H and O–H groups in total. The molecule has 0 amide bonds. The second-order valence-electron chi connectivity index (χ2n) is 4.01. The van der Waals surface area contributed by atoms with Crippen molar-refractivity contribution >= 4 is 10.0 Å². The molecule has 6 nitrogen and oxygen atoms in total. The van der Waals surface area contributed by atoms with Gasteiger partial charge in [-0.25, -0.2) is 21.9 Å². The Hall–Kier alpha value is -1.29. The van der Waals surface area contributed by atoms with Crippen molar-refractivity contribution in [1.82, 2.24) is 4.72 Å². The highest BCUT2D eigenvalue weighted by molar-refractivity contribution is 7.89. The molecule has 0 spiro atoms. The molecule has 0 atom stereocenters. The van der Waals surface area contributed by atoms with Crippen LogP contribution in [-0.2, 0) is 21.4 Å². The number of methoxy groups -OCH3 is 1. The molecule has 0 saturated heterocycles. The highest BCUT2D eigenvalue weighted by atomic mass is 32.2. The van der Waals surface area contributed by atoms with Crippen molar-refractivity contribution in [3.8, 4) is 5.75 Å². The molecule has 1 aromatic carbocycles. The summed E-state index contributed by atoms with van der Waals surface area (Å²) in [6.07, 6.45) is -2.59. The normalized spacial score (nSPS) is 11.9. The summed E-state index contributed by atoms with van der Waals surface area (Å²) in [4.78, 5) is -0.101. The van der Waals surface area contributed by atoms with E-state index in [1.807, 2.05) is 0 Å². The van der Waals surface area contributed by atoms with Gasteiger partial charge in [0.2, 0.25) is 10.0 Å². The third-order valence-electron chi connectivity index (χ3n) is 2.48. The van der Waals surface area contributed by atoms with Crippen molar-refractivity contribution in [2.75, 3.05) is 26.9 Å². The second kappa shape index (κ2) is 8.23. The summed E-state index contributed by atoms with van der Waals surface area (Å²) in [5.41, 5.74) is 0.506. The SMILES string of the molecule is COc1cc(CO)ccc1S(=O)(=O)NCCOCC(F)F. The van der Waals surface area contributed by atoms with Gasteiger partial charge in [0.1, 0.15) is 17.3 Å². The first kappa shape index (κ1) is 17.8. The van der Waals surface area contributed by atoms with Crippen molar-refractivity contribution < 1.29 is 31.8 Å². The molecule has 0 radical (unpaired) electrons. The molecular formula is C12H17F2NO5S. The number of sulfonamides is 1. The van der Waals surface area contributed by atoms with Gasteiger partial charge in [0.05, 0.1) is 20.3 Å². The number of rotatable bonds is 9. The molecule has 120 valence electrons. The van der Waals surface area contributed by atoms with Crippen molar-refractivity contribution in [2.45, 2.75) is 17.9 Å². The fraction of sp³-hybridized carbons (Fsp3) is 0.500. The number of ether oxygens (including phenoxy) is 2. The highest BCUT2D eigenvalue weighted by Gasteiger charge is 2.19. The topological polar surface area (TPSA) is 84.9 Å². The van der Waals surface area contributed by atoms with Crippen LogP contribution in [0.15, 0.2) is 23.1 Å². The molecule has 0 aliphatic carbocycles. The Morgan fingerprint density at radius 2 is 2.10 bits per heavy atom. The van der Waals surface area contributed by atoms with E-state index in [4.69, 9.17) is 9.84 Å². The van der Waals surface area contributed by atoms with Gasteiger partial charge < -0.3 is 14.6 Å². The monoisotopic (exact) mass is 325 g/mol. The first-order chi connectivity index (χ1) is 9.90. The zero-order valence-electron chi connectivity index (χ0n) is 11.4. The summed E-state index contributed by atoms with van der Waals surface area (Å²) in [6.45, 7) is -1.29. The maximum Gasteiger partial charge on any atom is 0.261 e. The summed E-state index contributed by atoms with van der Waals surface area (Å²) in [5.74, 6) is 0.0857. The average molecular weight is 325 g/mol. The number of benzene rings is 1. The van der Waals surface area contributed by atoms with Crippen molar-refractivity contribution in [2.24, 2.45) is 0 Å². The van der Waals surface area contributed by atoms with E-state index in [9.17, 15) is 17.2 Å². The smallest absolute Gasteiger partial charge is 0.261 e. The highest BCUT2D eigenvalue weighted by Crippen LogP contribution is 2.24. The van der Waals surface area contributed by atoms with E-state index in [-0.39, 0.29) is 30.4 Å². The van der Waals surface area contributed by atoms with Gasteiger partial charge >= 0.3 is 0 Å². The molecule has 0 unspecified atom stereocenters. The van der Waals surface area contributed by atoms with Gasteiger partial charge in [-0.15, -0.1) is 0 Å². The van der Waals surface area contributed by atoms with Gasteiger partial charge in [0, 0.05) is 6.54 Å². The fourth-order valence-corrected chi connectivity index (χ4v) is 2.69. The maximum absolute atomic E-state index is 12.1. The van der Waals surface area contributed by atoms with E-state index >= 15 is 0 Å². The van der Waals surface area contributed by atoms with Gasteiger partial charge in [-0.2, -0.15) is 0 Å². The summed E-state index contributed by atoms with van der Waals surface area (Å²) < 4.78 is 59.5. The van der Waals surface area contributed by atoms with Crippen LogP contribution in [0.25, 0.3) is 0 Å². The Kier molecular flexibility index (Phi) is 6.96. The molecule has 0 bridgehead atoms. The number of nitrogens with one attached hydrogen (secondary N) is 1. The zero-order chi connectivity index (χ0) is 15.9. The van der Waals surface area contributed by atoms with E-state index in [1.165, 1.54) is 25.3 Å². The third-order valence-corrected chi connectivity index (χ3v) is 3.98. The van der Waals surface area contributed by atoms with E-state index < -0.39 is 23.1 Å². The lowest BCUT2D eigenvalue weighted by Crippen LogP contribution is -2.28. The minimum absolute atomic E-state index is 0.0857. The molecule has 0 fully saturated rings. The average Bonchev–Trinajstić information content (AvgIpc) is 2.45. The van der Waals surface area contributed by atoms with Crippen molar-refractivity contribution in [1.29, 1.82) is 0 Å². The molecule has 21 heavy (non-hydrogen) atoms. The molecule has 0 saturated carbocycles. The Balaban J connectivity index is 2.70. The maximum atomic E-state index is 12.1. The molecule has 1 aromatic rings. The van der Waals surface area contributed by atoms with Crippen LogP contribution in [-0.4, -0.2) is 46.8 Å². The summed E-state index contributed by atoms with van der Waals surface area (Å²) >= 11 is 0. The standard InChI is InChI=1S/C12H17F2NO5S/c1-19-10-6-9(7-16)2-3-11(10)21(17,18)15-4-5-20-8-12(13)14/h2-3,6,12,15-16H,4-5,7-8H2,1H3. The Bertz CT molecular complexity index is 551. The van der Waals surface area contributed by atoms with Gasteiger partial charge in [-0.05, 0) is 17.7 Å². The lowest BCUT2D eigenvalue weighted by molar-refractivity contribution is 0.0199. The van der Waals surface area contributed by atoms with Gasteiger partial charge in [-0.3, -0.25) is 0 Å². The van der Waals surface area contributed by atoms with Crippen LogP contribution in [0.2, 0.25) is 0 Å². The summed E-state index contributed by atoms with van der Waals surface area (Å²) in [6, 6.07) is 4.15. The number of aliphatic hydroxyl groups excluding tert-OH is 1. The molecule has 1 rings (SSSR count). The first-order valence-corrected chi connectivity index (χ1v) is 7.52. The minimum Gasteiger partial charge on any atom is -0.495 e. The van der Waals surface area contributed by atoms with Crippen LogP contribution in [0.4, 0.5) is 8.78 Å². The van der Waals surface area contributed by atoms with E-state index in [0.717, 1.165) is 0 Å². The Morgan fingerprint density at radius 3 is 2.67 bits per heavy atom. The first-order valence-electron chi connectivity index (χ1n) is 6.04. The third kappa shape index (κ3) is 5.54. The Labute approximate surface area is 121 Å². The molecule has 0 heterocycles. The fourth-order valence-electron chi connectivity index (χ4n) is 1.53. The van der Waals surface area contributed by atoms with Crippen molar-refractivity contribution in [3.05, 3.63) is 23.8 Å². The van der Waals surface area contributed by atoms with E-state index in [2.05, 4.69) is 9.46 Å². The van der Waals surface area contributed by atoms with Crippen LogP contribution < -0.4 is 9.46 Å². The predicted molar refractivity (Wildman–Crippen MR) is 70.9 cm³/mol. The van der Waals surface area contributed by atoms with E-state index in [0.29, 0.717) is 5.56 Å². The number of hydrogen-bond donors (Lipinski definition) is 2. The summed E-state index contributed by atoms with van der Waals surface area (Å²) in [5, 5.41) is 9.00. The molecule has 0 aromatic heterocycles. The van der Waals surface area contributed by atoms with Crippen LogP contribution in [0.3, 0.4) is 0 Å². The molecule has 0 aliphatic rings. The number of hydrogen-bond acceptors (Lipinski definition) is 5. The van der Waals surface area contributed by atoms with Crippen LogP contribution >= 0.6 is 0 Å². The lowest BCUT2D eigenvalue weighted by atomic mass is 10.2. The molecular weight excluding hydrogens is 308 g/mol. The second-order valence-corrected chi connectivity index (χ2v) is 5.74. The Morgan fingerprint density at radius 1 is 1.38 bits per heavy atom. The van der Waals surface area contributed by atoms with Crippen LogP contribution in [0.5, 0.6) is 5.75 Å². The number of halogens is 2. The molecule has 0 aliphatic heterocycles. The quantitative estimate of drug-likeness (QED) is 0.655. The van der Waals surface area contributed by atoms with E-state index in [1.54, 1.807) is 0 Å². The van der Waals surface area contributed by atoms with Crippen LogP contribution in [0, 0.1) is 0 Å². The minimum atomic E-state index is -3.85. The largest absolute Gasteiger partial charge is 0.495 e. The van der Waals surface area contributed by atoms with Crippen molar-refractivity contribution in [3.63, 3.8) is 0 Å². The number of aliphatic hydroxyl groups is 1. The lowest BCUT2D eigenvalue weighted by Gasteiger charge is -2.12. The van der Waals surface area contributed by atoms with Gasteiger partial charge in [0.15, 0.2) is 0 Å². The predicted octanol–water partition coefficient (Wildman–Crippen LogP) is 0.747. The van der Waals surface area contributed by atoms with Crippen LogP contribution in [0.1, 0.15) is 5.56 Å². The number of alkyl halides is 2. The van der Waals surface area contributed by atoms with Gasteiger partial charge in [-0.1, -0.05) is 6.07 Å². The zero-order valence-corrected chi connectivity index (χ0v) is 12.2. The summed E-state index contributed by atoms with van der Waals surface area (Å²) in [7, 11) is -2.55. The van der Waals surface area contributed by atoms with Gasteiger partial charge in [0.25, 0.3) is 6.43 Å². The molecule has 9 heteroatoms.